The van der Waals surface area contributed by atoms with Crippen molar-refractivity contribution in [2.24, 2.45) is 11.8 Å². The van der Waals surface area contributed by atoms with Gasteiger partial charge in [-0.15, -0.1) is 0 Å². The number of carbonyl (C=O) groups is 2. The SMILES string of the molecule is CC(C)c1ccc(N2C[C@]34C=C[C@H](O3)[C@@H](C(=O)N(C)Cc3ccco3)[C@H]4C2=O)cc1. The van der Waals surface area contributed by atoms with Crippen LogP contribution in [0.25, 0.3) is 0 Å². The summed E-state index contributed by atoms with van der Waals surface area (Å²) in [6.45, 7) is 5.10. The molecule has 2 amide bonds. The monoisotopic (exact) mass is 406 g/mol. The van der Waals surface area contributed by atoms with Crippen molar-refractivity contribution in [2.45, 2.75) is 38.0 Å². The van der Waals surface area contributed by atoms with E-state index in [1.807, 2.05) is 30.4 Å². The average molecular weight is 406 g/mol. The number of rotatable bonds is 5. The molecule has 6 heteroatoms. The fraction of sp³-hybridized carbons (Fsp3) is 0.417. The Labute approximate surface area is 176 Å². The minimum absolute atomic E-state index is 0.0381. The summed E-state index contributed by atoms with van der Waals surface area (Å²) in [7, 11) is 1.75. The van der Waals surface area contributed by atoms with Crippen molar-refractivity contribution < 1.29 is 18.7 Å². The van der Waals surface area contributed by atoms with Gasteiger partial charge in [-0.3, -0.25) is 9.59 Å². The fourth-order valence-electron chi connectivity index (χ4n) is 5.01. The van der Waals surface area contributed by atoms with Gasteiger partial charge in [0.15, 0.2) is 0 Å². The van der Waals surface area contributed by atoms with Crippen LogP contribution in [0.3, 0.4) is 0 Å². The van der Waals surface area contributed by atoms with Crippen LogP contribution in [0.2, 0.25) is 0 Å². The van der Waals surface area contributed by atoms with Crippen molar-refractivity contribution in [3.05, 3.63) is 66.1 Å². The van der Waals surface area contributed by atoms with Gasteiger partial charge in [0, 0.05) is 12.7 Å². The van der Waals surface area contributed by atoms with Crippen molar-refractivity contribution >= 4 is 17.5 Å². The predicted octanol–water partition coefficient (Wildman–Crippen LogP) is 3.35. The molecule has 3 aliphatic heterocycles. The third kappa shape index (κ3) is 2.82. The second-order valence-corrected chi connectivity index (χ2v) is 8.84. The summed E-state index contributed by atoms with van der Waals surface area (Å²) < 4.78 is 11.6. The van der Waals surface area contributed by atoms with Crippen LogP contribution in [0.4, 0.5) is 5.69 Å². The largest absolute Gasteiger partial charge is 0.467 e. The Morgan fingerprint density at radius 3 is 2.70 bits per heavy atom. The fourth-order valence-corrected chi connectivity index (χ4v) is 5.01. The summed E-state index contributed by atoms with van der Waals surface area (Å²) in [6.07, 6.45) is 5.17. The zero-order valence-electron chi connectivity index (χ0n) is 17.4. The van der Waals surface area contributed by atoms with E-state index in [4.69, 9.17) is 9.15 Å². The molecule has 1 aromatic carbocycles. The summed E-state index contributed by atoms with van der Waals surface area (Å²) in [5.41, 5.74) is 1.36. The summed E-state index contributed by atoms with van der Waals surface area (Å²) in [6, 6.07) is 11.7. The molecule has 0 saturated carbocycles. The molecule has 6 nitrogen and oxygen atoms in total. The standard InChI is InChI=1S/C24H26N2O4/c1-15(2)16-6-8-17(9-7-16)26-14-24-11-10-19(30-24)20(21(24)23(26)28)22(27)25(3)13-18-5-4-12-29-18/h4-12,15,19-21H,13-14H2,1-3H3/t19-,20+,21-,24-/m0/s1. The maximum atomic E-state index is 13.5. The maximum absolute atomic E-state index is 13.5. The van der Waals surface area contributed by atoms with Gasteiger partial charge >= 0.3 is 0 Å². The first-order chi connectivity index (χ1) is 14.4. The van der Waals surface area contributed by atoms with E-state index in [2.05, 4.69) is 26.0 Å². The topological polar surface area (TPSA) is 63.0 Å². The molecule has 156 valence electrons. The van der Waals surface area contributed by atoms with E-state index in [0.29, 0.717) is 24.8 Å². The molecule has 1 spiro atoms. The average Bonchev–Trinajstić information content (AvgIpc) is 3.50. The lowest BCUT2D eigenvalue weighted by atomic mass is 9.76. The Balaban J connectivity index is 1.40. The van der Waals surface area contributed by atoms with Crippen LogP contribution in [0.5, 0.6) is 0 Å². The highest BCUT2D eigenvalue weighted by Gasteiger charge is 2.67. The van der Waals surface area contributed by atoms with Gasteiger partial charge in [-0.05, 0) is 35.7 Å². The number of anilines is 1. The highest BCUT2D eigenvalue weighted by atomic mass is 16.5. The van der Waals surface area contributed by atoms with Crippen LogP contribution in [0.15, 0.2) is 59.2 Å². The van der Waals surface area contributed by atoms with Gasteiger partial charge in [0.2, 0.25) is 11.8 Å². The molecule has 0 N–H and O–H groups in total. The molecule has 0 radical (unpaired) electrons. The second-order valence-electron chi connectivity index (χ2n) is 8.84. The minimum Gasteiger partial charge on any atom is -0.467 e. The van der Waals surface area contributed by atoms with E-state index in [-0.39, 0.29) is 17.9 Å². The first kappa shape index (κ1) is 19.1. The summed E-state index contributed by atoms with van der Waals surface area (Å²) in [5.74, 6) is 0.0118. The Kier molecular flexibility index (Phi) is 4.36. The second kappa shape index (κ2) is 6.84. The number of nitrogens with zero attached hydrogens (tertiary/aromatic N) is 2. The molecular formula is C24H26N2O4. The molecule has 0 aliphatic carbocycles. The molecule has 2 fully saturated rings. The highest BCUT2D eigenvalue weighted by molar-refractivity contribution is 6.03. The zero-order chi connectivity index (χ0) is 21.0. The number of furan rings is 1. The van der Waals surface area contributed by atoms with Crippen molar-refractivity contribution in [1.82, 2.24) is 4.90 Å². The third-order valence-electron chi connectivity index (χ3n) is 6.61. The first-order valence-electron chi connectivity index (χ1n) is 10.5. The molecule has 1 aromatic heterocycles. The summed E-state index contributed by atoms with van der Waals surface area (Å²) >= 11 is 0. The number of carbonyl (C=O) groups excluding carboxylic acids is 2. The van der Waals surface area contributed by atoms with Crippen LogP contribution in [-0.2, 0) is 20.9 Å². The number of hydrogen-bond donors (Lipinski definition) is 0. The molecule has 2 aromatic rings. The number of hydrogen-bond acceptors (Lipinski definition) is 4. The van der Waals surface area contributed by atoms with Crippen LogP contribution >= 0.6 is 0 Å². The molecule has 0 unspecified atom stereocenters. The van der Waals surface area contributed by atoms with Gasteiger partial charge in [-0.2, -0.15) is 0 Å². The first-order valence-corrected chi connectivity index (χ1v) is 10.5. The lowest BCUT2D eigenvalue weighted by Gasteiger charge is -2.27. The molecule has 30 heavy (non-hydrogen) atoms. The van der Waals surface area contributed by atoms with E-state index in [0.717, 1.165) is 5.69 Å². The molecule has 2 saturated heterocycles. The van der Waals surface area contributed by atoms with Crippen molar-refractivity contribution in [3.8, 4) is 0 Å². The van der Waals surface area contributed by atoms with Crippen LogP contribution < -0.4 is 4.90 Å². The van der Waals surface area contributed by atoms with Crippen LogP contribution in [0, 0.1) is 11.8 Å². The van der Waals surface area contributed by atoms with Gasteiger partial charge in [0.05, 0.1) is 37.3 Å². The zero-order valence-corrected chi connectivity index (χ0v) is 17.4. The minimum atomic E-state index is -0.718. The Hall–Kier alpha value is -2.86. The van der Waals surface area contributed by atoms with Gasteiger partial charge in [-0.25, -0.2) is 0 Å². The van der Waals surface area contributed by atoms with Gasteiger partial charge in [0.25, 0.3) is 0 Å². The van der Waals surface area contributed by atoms with Crippen LogP contribution in [0.1, 0.15) is 31.1 Å². The van der Waals surface area contributed by atoms with Crippen molar-refractivity contribution in [3.63, 3.8) is 0 Å². The molecule has 2 bridgehead atoms. The Morgan fingerprint density at radius 1 is 1.27 bits per heavy atom. The molecule has 4 atom stereocenters. The lowest BCUT2D eigenvalue weighted by Crippen LogP contribution is -2.44. The highest BCUT2D eigenvalue weighted by Crippen LogP contribution is 2.53. The van der Waals surface area contributed by atoms with E-state index in [9.17, 15) is 9.59 Å². The normalized spacial score (nSPS) is 29.1. The number of ether oxygens (including phenoxy) is 1. The van der Waals surface area contributed by atoms with Gasteiger partial charge < -0.3 is 19.0 Å². The quantitative estimate of drug-likeness (QED) is 0.715. The number of fused-ring (bicyclic) bond motifs is 1. The number of benzene rings is 1. The lowest BCUT2D eigenvalue weighted by molar-refractivity contribution is -0.139. The van der Waals surface area contributed by atoms with Gasteiger partial charge in [0.1, 0.15) is 11.4 Å². The van der Waals surface area contributed by atoms with E-state index in [1.165, 1.54) is 5.56 Å². The van der Waals surface area contributed by atoms with Crippen molar-refractivity contribution in [1.29, 1.82) is 0 Å². The van der Waals surface area contributed by atoms with E-state index < -0.39 is 17.4 Å². The maximum Gasteiger partial charge on any atom is 0.234 e. The molecule has 5 rings (SSSR count). The smallest absolute Gasteiger partial charge is 0.234 e. The number of amides is 2. The van der Waals surface area contributed by atoms with Crippen molar-refractivity contribution in [2.75, 3.05) is 18.5 Å². The predicted molar refractivity (Wildman–Crippen MR) is 112 cm³/mol. The molecular weight excluding hydrogens is 380 g/mol. The Bertz CT molecular complexity index is 995. The Morgan fingerprint density at radius 2 is 2.03 bits per heavy atom. The third-order valence-corrected chi connectivity index (χ3v) is 6.61. The van der Waals surface area contributed by atoms with Gasteiger partial charge in [-0.1, -0.05) is 38.1 Å². The summed E-state index contributed by atoms with van der Waals surface area (Å²) in [4.78, 5) is 30.2. The van der Waals surface area contributed by atoms with E-state index in [1.54, 1.807) is 29.2 Å². The summed E-state index contributed by atoms with van der Waals surface area (Å²) in [5, 5.41) is 0. The molecule has 4 heterocycles. The molecule has 3 aliphatic rings. The van der Waals surface area contributed by atoms with E-state index >= 15 is 0 Å². The van der Waals surface area contributed by atoms with Crippen LogP contribution in [-0.4, -0.2) is 42.0 Å².